The number of benzene rings is 1. The minimum Gasteiger partial charge on any atom is -0.376 e. The molecule has 1 N–H and O–H groups in total. The molecule has 0 bridgehead atoms. The zero-order chi connectivity index (χ0) is 17.6. The fraction of sp³-hybridized carbons (Fsp3) is 0.500. The predicted molar refractivity (Wildman–Crippen MR) is 103 cm³/mol. The molecule has 1 atom stereocenters. The van der Waals surface area contributed by atoms with Crippen LogP contribution in [0.25, 0.3) is 0 Å². The Morgan fingerprint density at radius 3 is 1.91 bits per heavy atom. The van der Waals surface area contributed by atoms with Crippen LogP contribution in [0.3, 0.4) is 0 Å². The lowest BCUT2D eigenvalue weighted by Crippen LogP contribution is -2.43. The van der Waals surface area contributed by atoms with Gasteiger partial charge in [0.1, 0.15) is 14.2 Å². The van der Waals surface area contributed by atoms with E-state index in [1.807, 2.05) is 12.1 Å². The van der Waals surface area contributed by atoms with Crippen molar-refractivity contribution in [1.29, 1.82) is 0 Å². The molecule has 1 rings (SSSR count). The van der Waals surface area contributed by atoms with Crippen LogP contribution in [-0.2, 0) is 0 Å². The number of halogens is 1. The van der Waals surface area contributed by atoms with Gasteiger partial charge in [0, 0.05) is 10.6 Å². The van der Waals surface area contributed by atoms with E-state index in [1.54, 1.807) is 12.1 Å². The summed E-state index contributed by atoms with van der Waals surface area (Å²) in [5, 5.41) is 10.7. The van der Waals surface area contributed by atoms with Crippen molar-refractivity contribution in [1.82, 2.24) is 0 Å². The maximum absolute atomic E-state index is 10.1. The zero-order valence-corrected chi connectivity index (χ0v) is 16.7. The minimum atomic E-state index is -1.76. The highest BCUT2D eigenvalue weighted by Gasteiger charge is 2.41. The Bertz CT molecular complexity index is 619. The van der Waals surface area contributed by atoms with Crippen molar-refractivity contribution in [3.8, 4) is 23.3 Å². The van der Waals surface area contributed by atoms with Gasteiger partial charge in [0.15, 0.2) is 0 Å². The van der Waals surface area contributed by atoms with E-state index in [9.17, 15) is 5.11 Å². The second-order valence-electron chi connectivity index (χ2n) is 6.84. The average molecular weight is 347 g/mol. The van der Waals surface area contributed by atoms with E-state index in [0.717, 1.165) is 0 Å². The summed E-state index contributed by atoms with van der Waals surface area (Å²) in [5.41, 5.74) is 5.88. The van der Waals surface area contributed by atoms with Gasteiger partial charge in [0.25, 0.3) is 0 Å². The van der Waals surface area contributed by atoms with Gasteiger partial charge in [-0.15, -0.1) is 5.54 Å². The SMILES string of the molecule is CC(C)[Si](C#CC#C[C@H](O)c1ccccc1Cl)(C(C)C)C(C)C. The molecule has 0 heterocycles. The number of aliphatic hydroxyl groups excluding tert-OH is 1. The van der Waals surface area contributed by atoms with Crippen molar-refractivity contribution in [3.05, 3.63) is 34.9 Å². The molecular weight excluding hydrogens is 320 g/mol. The summed E-state index contributed by atoms with van der Waals surface area (Å²) in [6, 6.07) is 7.21. The van der Waals surface area contributed by atoms with Crippen LogP contribution in [0, 0.1) is 23.3 Å². The lowest BCUT2D eigenvalue weighted by molar-refractivity contribution is 0.238. The van der Waals surface area contributed by atoms with E-state index < -0.39 is 14.2 Å². The van der Waals surface area contributed by atoms with Crippen LogP contribution in [-0.4, -0.2) is 13.2 Å². The Balaban J connectivity index is 3.06. The molecule has 0 radical (unpaired) electrons. The van der Waals surface area contributed by atoms with Crippen LogP contribution in [0.5, 0.6) is 0 Å². The number of hydrogen-bond acceptors (Lipinski definition) is 1. The lowest BCUT2D eigenvalue weighted by atomic mass is 10.1. The Morgan fingerprint density at radius 2 is 1.43 bits per heavy atom. The maximum Gasteiger partial charge on any atom is 0.147 e. The summed E-state index contributed by atoms with van der Waals surface area (Å²) in [7, 11) is -1.76. The van der Waals surface area contributed by atoms with Gasteiger partial charge in [0.2, 0.25) is 0 Å². The second kappa shape index (κ2) is 8.60. The second-order valence-corrected chi connectivity index (χ2v) is 12.8. The first-order valence-corrected chi connectivity index (χ1v) is 10.8. The van der Waals surface area contributed by atoms with Gasteiger partial charge in [-0.1, -0.05) is 77.3 Å². The summed E-state index contributed by atoms with van der Waals surface area (Å²) >= 11 is 6.07. The fourth-order valence-corrected chi connectivity index (χ4v) is 8.84. The summed E-state index contributed by atoms with van der Waals surface area (Å²) in [6.07, 6.45) is -0.897. The van der Waals surface area contributed by atoms with E-state index in [1.165, 1.54) is 0 Å². The molecule has 124 valence electrons. The molecule has 23 heavy (non-hydrogen) atoms. The minimum absolute atomic E-state index is 0.525. The van der Waals surface area contributed by atoms with Gasteiger partial charge in [0.05, 0.1) is 0 Å². The largest absolute Gasteiger partial charge is 0.376 e. The van der Waals surface area contributed by atoms with E-state index in [0.29, 0.717) is 27.2 Å². The van der Waals surface area contributed by atoms with Gasteiger partial charge in [-0.2, -0.15) is 0 Å². The third-order valence-corrected chi connectivity index (χ3v) is 11.3. The molecule has 0 unspecified atom stereocenters. The van der Waals surface area contributed by atoms with Crippen LogP contribution in [0.4, 0.5) is 0 Å². The highest BCUT2D eigenvalue weighted by molar-refractivity contribution is 6.90. The summed E-state index contributed by atoms with van der Waals surface area (Å²) in [4.78, 5) is 0. The highest BCUT2D eigenvalue weighted by atomic mass is 35.5. The van der Waals surface area contributed by atoms with Gasteiger partial charge < -0.3 is 5.11 Å². The molecule has 0 spiro atoms. The molecule has 0 aliphatic carbocycles. The fourth-order valence-electron chi connectivity index (χ4n) is 3.45. The summed E-state index contributed by atoms with van der Waals surface area (Å²) in [6.45, 7) is 13.6. The molecule has 1 aromatic carbocycles. The highest BCUT2D eigenvalue weighted by Crippen LogP contribution is 2.40. The third kappa shape index (κ3) is 4.64. The molecular formula is C20H27ClOSi. The molecule has 0 amide bonds. The van der Waals surface area contributed by atoms with Crippen molar-refractivity contribution in [2.75, 3.05) is 0 Å². The summed E-state index contributed by atoms with van der Waals surface area (Å²) < 4.78 is 0. The molecule has 3 heteroatoms. The van der Waals surface area contributed by atoms with Gasteiger partial charge in [-0.25, -0.2) is 0 Å². The zero-order valence-electron chi connectivity index (χ0n) is 14.9. The molecule has 1 aromatic rings. The molecule has 1 nitrogen and oxygen atoms in total. The van der Waals surface area contributed by atoms with Crippen LogP contribution in [0.2, 0.25) is 21.6 Å². The van der Waals surface area contributed by atoms with E-state index in [-0.39, 0.29) is 0 Å². The normalized spacial score (nSPS) is 12.7. The number of hydrogen-bond donors (Lipinski definition) is 1. The smallest absolute Gasteiger partial charge is 0.147 e. The van der Waals surface area contributed by atoms with E-state index >= 15 is 0 Å². The molecule has 0 saturated heterocycles. The van der Waals surface area contributed by atoms with Gasteiger partial charge in [-0.3, -0.25) is 0 Å². The predicted octanol–water partition coefficient (Wildman–Crippen LogP) is 5.60. The van der Waals surface area contributed by atoms with Gasteiger partial charge in [-0.05, 0) is 34.5 Å². The third-order valence-electron chi connectivity index (χ3n) is 4.62. The average Bonchev–Trinajstić information content (AvgIpc) is 2.46. The van der Waals surface area contributed by atoms with E-state index in [2.05, 4.69) is 64.8 Å². The Morgan fingerprint density at radius 1 is 0.913 bits per heavy atom. The standard InChI is InChI=1S/C20H27ClOSi/c1-15(2)23(16(3)4,17(5)6)14-10-9-13-20(22)18-11-7-8-12-19(18)21/h7-8,11-12,15-17,20,22H,1-6H3/t20-/m0/s1. The maximum atomic E-state index is 10.1. The van der Waals surface area contributed by atoms with Crippen molar-refractivity contribution >= 4 is 19.7 Å². The van der Waals surface area contributed by atoms with Gasteiger partial charge >= 0.3 is 0 Å². The number of aliphatic hydroxyl groups is 1. The first-order valence-electron chi connectivity index (χ1n) is 8.18. The van der Waals surface area contributed by atoms with Crippen LogP contribution in [0.15, 0.2) is 24.3 Å². The quantitative estimate of drug-likeness (QED) is 0.555. The monoisotopic (exact) mass is 346 g/mol. The van der Waals surface area contributed by atoms with Crippen molar-refractivity contribution in [2.24, 2.45) is 0 Å². The molecule has 0 aliphatic heterocycles. The van der Waals surface area contributed by atoms with Crippen LogP contribution in [0.1, 0.15) is 53.2 Å². The van der Waals surface area contributed by atoms with Crippen molar-refractivity contribution in [3.63, 3.8) is 0 Å². The van der Waals surface area contributed by atoms with E-state index in [4.69, 9.17) is 11.6 Å². The van der Waals surface area contributed by atoms with Crippen molar-refractivity contribution in [2.45, 2.75) is 64.3 Å². The van der Waals surface area contributed by atoms with Crippen molar-refractivity contribution < 1.29 is 5.11 Å². The Hall–Kier alpha value is -1.19. The Labute approximate surface area is 147 Å². The molecule has 0 fully saturated rings. The Kier molecular flexibility index (Phi) is 7.42. The molecule has 0 saturated carbocycles. The summed E-state index contributed by atoms with van der Waals surface area (Å²) in [5.74, 6) is 8.68. The molecule has 0 aromatic heterocycles. The van der Waals surface area contributed by atoms with Crippen LogP contribution < -0.4 is 0 Å². The lowest BCUT2D eigenvalue weighted by Gasteiger charge is -2.37. The first kappa shape index (κ1) is 19.9. The molecule has 0 aliphatic rings. The first-order chi connectivity index (χ1) is 10.7. The number of rotatable bonds is 4. The topological polar surface area (TPSA) is 20.2 Å². The van der Waals surface area contributed by atoms with Crippen LogP contribution >= 0.6 is 11.6 Å².